The van der Waals surface area contributed by atoms with Crippen LogP contribution >= 0.6 is 0 Å². The van der Waals surface area contributed by atoms with E-state index in [2.05, 4.69) is 19.7 Å². The molecule has 5 rings (SSSR count). The molecule has 7 nitrogen and oxygen atoms in total. The van der Waals surface area contributed by atoms with Crippen molar-refractivity contribution in [2.24, 2.45) is 0 Å². The van der Waals surface area contributed by atoms with Crippen molar-refractivity contribution in [3.05, 3.63) is 95.3 Å². The van der Waals surface area contributed by atoms with Gasteiger partial charge in [-0.15, -0.1) is 0 Å². The van der Waals surface area contributed by atoms with Crippen LogP contribution in [0.3, 0.4) is 0 Å². The lowest BCUT2D eigenvalue weighted by atomic mass is 9.82. The minimum absolute atomic E-state index is 0.139. The number of nitrogens with zero attached hydrogens (tertiary/aromatic N) is 3. The van der Waals surface area contributed by atoms with E-state index in [9.17, 15) is 26.0 Å². The highest BCUT2D eigenvalue weighted by atomic mass is 32.2. The molecule has 1 N–H and O–H groups in total. The van der Waals surface area contributed by atoms with Crippen molar-refractivity contribution in [2.75, 3.05) is 11.3 Å². The number of anilines is 1. The number of hydrogen-bond donors (Lipinski definition) is 1. The first-order valence-electron chi connectivity index (χ1n) is 11.4. The van der Waals surface area contributed by atoms with E-state index in [1.807, 2.05) is 0 Å². The largest absolute Gasteiger partial charge is 0.493 e. The Morgan fingerprint density at radius 1 is 0.947 bits per heavy atom. The fourth-order valence-corrected chi connectivity index (χ4v) is 5.29. The Morgan fingerprint density at radius 2 is 1.68 bits per heavy atom. The standard InChI is InChI=1S/C26H20F4N4O3S/c1-15-2-3-16(12-31-15)23-10-17(26(28,29)30)4-6-20(23)21-8-9-37-24-11-19(5-7-22(21)24)38(35,36)34-25-32-13-18(27)14-33-25/h2-7,10-14,21H,8-9H2,1H3,(H,32,33,34)/t21-/m1/s1. The lowest BCUT2D eigenvalue weighted by Gasteiger charge is -2.29. The fraction of sp³-hybridized carbons (Fsp3) is 0.192. The molecule has 4 aromatic rings. The highest BCUT2D eigenvalue weighted by Gasteiger charge is 2.33. The zero-order valence-electron chi connectivity index (χ0n) is 19.8. The number of nitrogens with one attached hydrogen (secondary N) is 1. The normalized spacial score (nSPS) is 15.4. The lowest BCUT2D eigenvalue weighted by molar-refractivity contribution is -0.137. The summed E-state index contributed by atoms with van der Waals surface area (Å²) in [5, 5.41) is 0. The molecule has 1 atom stereocenters. The maximum Gasteiger partial charge on any atom is 0.416 e. The summed E-state index contributed by atoms with van der Waals surface area (Å²) >= 11 is 0. The van der Waals surface area contributed by atoms with E-state index in [0.717, 1.165) is 30.2 Å². The molecule has 3 heterocycles. The molecule has 0 fully saturated rings. The summed E-state index contributed by atoms with van der Waals surface area (Å²) in [5.74, 6) is -1.09. The van der Waals surface area contributed by atoms with Crippen LogP contribution < -0.4 is 9.46 Å². The van der Waals surface area contributed by atoms with Crippen LogP contribution in [0.5, 0.6) is 5.75 Å². The van der Waals surface area contributed by atoms with Crippen LogP contribution in [0.2, 0.25) is 0 Å². The van der Waals surface area contributed by atoms with Gasteiger partial charge in [-0.3, -0.25) is 4.98 Å². The van der Waals surface area contributed by atoms with Crippen LogP contribution in [0.15, 0.2) is 72.0 Å². The van der Waals surface area contributed by atoms with Crippen molar-refractivity contribution in [1.82, 2.24) is 15.0 Å². The zero-order valence-corrected chi connectivity index (χ0v) is 20.6. The summed E-state index contributed by atoms with van der Waals surface area (Å²) in [7, 11) is -4.13. The van der Waals surface area contributed by atoms with Gasteiger partial charge in [0.2, 0.25) is 5.95 Å². The second kappa shape index (κ2) is 9.67. The highest BCUT2D eigenvalue weighted by Crippen LogP contribution is 2.44. The minimum Gasteiger partial charge on any atom is -0.493 e. The van der Waals surface area contributed by atoms with Crippen molar-refractivity contribution >= 4 is 16.0 Å². The number of pyridine rings is 1. The van der Waals surface area contributed by atoms with E-state index in [4.69, 9.17) is 4.74 Å². The van der Waals surface area contributed by atoms with Gasteiger partial charge >= 0.3 is 6.18 Å². The molecule has 1 aliphatic heterocycles. The third-order valence-electron chi connectivity index (χ3n) is 6.16. The SMILES string of the molecule is Cc1ccc(-c2cc(C(F)(F)F)ccc2[C@H]2CCOc3cc(S(=O)(=O)Nc4ncc(F)cn4)ccc32)cn1. The first-order chi connectivity index (χ1) is 18.0. The minimum atomic E-state index is -4.52. The molecule has 0 spiro atoms. The number of halogens is 4. The number of ether oxygens (including phenoxy) is 1. The van der Waals surface area contributed by atoms with E-state index in [0.29, 0.717) is 28.7 Å². The van der Waals surface area contributed by atoms with Gasteiger partial charge in [-0.05, 0) is 48.7 Å². The topological polar surface area (TPSA) is 94.1 Å². The Kier molecular flexibility index (Phi) is 6.51. The Hall–Kier alpha value is -4.06. The number of aromatic nitrogens is 3. The Labute approximate surface area is 215 Å². The smallest absolute Gasteiger partial charge is 0.416 e. The van der Waals surface area contributed by atoms with Crippen LogP contribution in [-0.2, 0) is 16.2 Å². The molecule has 2 aromatic carbocycles. The summed E-state index contributed by atoms with van der Waals surface area (Å²) in [6, 6.07) is 11.3. The molecule has 0 radical (unpaired) electrons. The molecule has 2 aromatic heterocycles. The quantitative estimate of drug-likeness (QED) is 0.323. The van der Waals surface area contributed by atoms with Crippen LogP contribution in [0, 0.1) is 12.7 Å². The second-order valence-corrected chi connectivity index (χ2v) is 10.4. The van der Waals surface area contributed by atoms with Crippen molar-refractivity contribution in [1.29, 1.82) is 0 Å². The van der Waals surface area contributed by atoms with E-state index in [-0.39, 0.29) is 29.1 Å². The van der Waals surface area contributed by atoms with Gasteiger partial charge in [0.25, 0.3) is 10.0 Å². The molecule has 0 saturated heterocycles. The molecule has 0 saturated carbocycles. The molecular formula is C26H20F4N4O3S. The molecule has 196 valence electrons. The van der Waals surface area contributed by atoms with Gasteiger partial charge in [0.15, 0.2) is 5.82 Å². The predicted octanol–water partition coefficient (Wildman–Crippen LogP) is 5.72. The number of rotatable bonds is 5. The summed E-state index contributed by atoms with van der Waals surface area (Å²) in [5.41, 5.74) is 2.15. The third-order valence-corrected chi connectivity index (χ3v) is 7.49. The molecule has 38 heavy (non-hydrogen) atoms. The number of fused-ring (bicyclic) bond motifs is 1. The van der Waals surface area contributed by atoms with Crippen molar-refractivity contribution in [3.8, 4) is 16.9 Å². The van der Waals surface area contributed by atoms with E-state index in [1.165, 1.54) is 24.4 Å². The van der Waals surface area contributed by atoms with Gasteiger partial charge < -0.3 is 4.74 Å². The van der Waals surface area contributed by atoms with Gasteiger partial charge in [0.05, 0.1) is 29.5 Å². The summed E-state index contributed by atoms with van der Waals surface area (Å²) in [4.78, 5) is 11.3. The molecular weight excluding hydrogens is 524 g/mol. The summed E-state index contributed by atoms with van der Waals surface area (Å²) in [6.45, 7) is 2.01. The van der Waals surface area contributed by atoms with Gasteiger partial charge in [0.1, 0.15) is 5.75 Å². The number of benzene rings is 2. The first kappa shape index (κ1) is 25.6. The maximum absolute atomic E-state index is 13.6. The summed E-state index contributed by atoms with van der Waals surface area (Å²) < 4.78 is 87.4. The van der Waals surface area contributed by atoms with Crippen molar-refractivity contribution in [3.63, 3.8) is 0 Å². The lowest BCUT2D eigenvalue weighted by Crippen LogP contribution is -2.19. The zero-order chi connectivity index (χ0) is 27.1. The average molecular weight is 545 g/mol. The number of hydrogen-bond acceptors (Lipinski definition) is 6. The number of aryl methyl sites for hydroxylation is 1. The van der Waals surface area contributed by atoms with Crippen LogP contribution in [0.25, 0.3) is 11.1 Å². The fourth-order valence-electron chi connectivity index (χ4n) is 4.32. The van der Waals surface area contributed by atoms with E-state index >= 15 is 0 Å². The number of alkyl halides is 3. The molecule has 1 aliphatic rings. The number of sulfonamides is 1. The van der Waals surface area contributed by atoms with Gasteiger partial charge in [0, 0.05) is 35.0 Å². The molecule has 12 heteroatoms. The Morgan fingerprint density at radius 3 is 2.37 bits per heavy atom. The Balaban J connectivity index is 1.54. The first-order valence-corrected chi connectivity index (χ1v) is 12.9. The molecule has 0 aliphatic carbocycles. The van der Waals surface area contributed by atoms with E-state index in [1.54, 1.807) is 25.1 Å². The Bertz CT molecular complexity index is 1590. The monoisotopic (exact) mass is 544 g/mol. The summed E-state index contributed by atoms with van der Waals surface area (Å²) in [6.07, 6.45) is -0.859. The molecule has 0 unspecified atom stereocenters. The second-order valence-electron chi connectivity index (χ2n) is 8.71. The predicted molar refractivity (Wildman–Crippen MR) is 131 cm³/mol. The van der Waals surface area contributed by atoms with Gasteiger partial charge in [-0.25, -0.2) is 27.5 Å². The third kappa shape index (κ3) is 5.17. The van der Waals surface area contributed by atoms with Crippen molar-refractivity contribution < 1.29 is 30.7 Å². The van der Waals surface area contributed by atoms with Gasteiger partial charge in [-0.2, -0.15) is 13.2 Å². The average Bonchev–Trinajstić information content (AvgIpc) is 2.89. The van der Waals surface area contributed by atoms with Crippen LogP contribution in [0.4, 0.5) is 23.5 Å². The van der Waals surface area contributed by atoms with Crippen LogP contribution in [-0.4, -0.2) is 30.0 Å². The molecule has 0 amide bonds. The van der Waals surface area contributed by atoms with Crippen molar-refractivity contribution in [2.45, 2.75) is 30.3 Å². The van der Waals surface area contributed by atoms with Crippen LogP contribution in [0.1, 0.15) is 34.7 Å². The van der Waals surface area contributed by atoms with E-state index < -0.39 is 27.6 Å². The maximum atomic E-state index is 13.6. The van der Waals surface area contributed by atoms with Gasteiger partial charge in [-0.1, -0.05) is 18.2 Å². The molecule has 0 bridgehead atoms. The highest BCUT2D eigenvalue weighted by molar-refractivity contribution is 7.92.